The molecule has 28 heavy (non-hydrogen) atoms. The van der Waals surface area contributed by atoms with Gasteiger partial charge in [-0.15, -0.1) is 0 Å². The highest BCUT2D eigenvalue weighted by atomic mass is 35.5. The summed E-state index contributed by atoms with van der Waals surface area (Å²) in [4.78, 5) is 13.3. The number of esters is 1. The number of fused-ring (bicyclic) bond motifs is 2. The van der Waals surface area contributed by atoms with Crippen LogP contribution in [0, 0.1) is 0 Å². The predicted octanol–water partition coefficient (Wildman–Crippen LogP) is 5.36. The summed E-state index contributed by atoms with van der Waals surface area (Å²) in [5, 5.41) is 8.66. The number of ether oxygens (including phenoxy) is 1. The zero-order valence-electron chi connectivity index (χ0n) is 15.4. The molecule has 3 aliphatic rings. The SMILES string of the molecule is O=C(OC1CC2CCC(C1)N2)c1c(-c2c(Cl)cccc2Cl)noc1C1CCC1. The van der Waals surface area contributed by atoms with Crippen LogP contribution in [0.1, 0.15) is 67.0 Å². The Morgan fingerprint density at radius 3 is 2.39 bits per heavy atom. The van der Waals surface area contributed by atoms with Crippen molar-refractivity contribution in [1.29, 1.82) is 0 Å². The molecule has 1 aromatic heterocycles. The van der Waals surface area contributed by atoms with Crippen molar-refractivity contribution in [1.82, 2.24) is 10.5 Å². The van der Waals surface area contributed by atoms with Crippen LogP contribution in [-0.4, -0.2) is 29.3 Å². The van der Waals surface area contributed by atoms with Gasteiger partial charge >= 0.3 is 5.97 Å². The zero-order valence-corrected chi connectivity index (χ0v) is 16.9. The minimum absolute atomic E-state index is 0.0787. The first-order valence-corrected chi connectivity index (χ1v) is 10.8. The van der Waals surface area contributed by atoms with Crippen LogP contribution in [0.25, 0.3) is 11.3 Å². The maximum absolute atomic E-state index is 13.3. The van der Waals surface area contributed by atoms with Gasteiger partial charge in [-0.3, -0.25) is 0 Å². The number of hydrogen-bond acceptors (Lipinski definition) is 5. The third-order valence-electron chi connectivity index (χ3n) is 6.30. The highest BCUT2D eigenvalue weighted by Crippen LogP contribution is 2.44. The van der Waals surface area contributed by atoms with E-state index >= 15 is 0 Å². The first-order chi connectivity index (χ1) is 13.6. The van der Waals surface area contributed by atoms with Gasteiger partial charge in [-0.05, 0) is 50.7 Å². The molecule has 5 nitrogen and oxygen atoms in total. The van der Waals surface area contributed by atoms with Gasteiger partial charge in [0.25, 0.3) is 0 Å². The highest BCUT2D eigenvalue weighted by molar-refractivity contribution is 6.39. The summed E-state index contributed by atoms with van der Waals surface area (Å²) in [6.07, 6.45) is 7.04. The number of nitrogens with zero attached hydrogens (tertiary/aromatic N) is 1. The second-order valence-corrected chi connectivity index (χ2v) is 8.95. The number of rotatable bonds is 4. The van der Waals surface area contributed by atoms with Gasteiger partial charge in [-0.25, -0.2) is 4.79 Å². The lowest BCUT2D eigenvalue weighted by Gasteiger charge is -2.29. The maximum Gasteiger partial charge on any atom is 0.344 e. The third kappa shape index (κ3) is 3.23. The van der Waals surface area contributed by atoms with Crippen LogP contribution >= 0.6 is 23.2 Å². The van der Waals surface area contributed by atoms with Crippen molar-refractivity contribution in [3.05, 3.63) is 39.6 Å². The number of carbonyl (C=O) groups is 1. The van der Waals surface area contributed by atoms with E-state index in [1.54, 1.807) is 18.2 Å². The first-order valence-electron chi connectivity index (χ1n) is 10.0. The Morgan fingerprint density at radius 1 is 1.11 bits per heavy atom. The maximum atomic E-state index is 13.3. The second-order valence-electron chi connectivity index (χ2n) is 8.13. The van der Waals surface area contributed by atoms with Crippen LogP contribution in [0.4, 0.5) is 0 Å². The molecule has 2 unspecified atom stereocenters. The molecule has 1 saturated carbocycles. The average molecular weight is 421 g/mol. The molecule has 2 saturated heterocycles. The summed E-state index contributed by atoms with van der Waals surface area (Å²) >= 11 is 12.8. The Kier molecular flexibility index (Phi) is 4.85. The van der Waals surface area contributed by atoms with Gasteiger partial charge in [-0.1, -0.05) is 40.8 Å². The molecule has 7 heteroatoms. The average Bonchev–Trinajstić information content (AvgIpc) is 3.17. The molecule has 2 aliphatic heterocycles. The van der Waals surface area contributed by atoms with Gasteiger partial charge < -0.3 is 14.6 Å². The summed E-state index contributed by atoms with van der Waals surface area (Å²) in [6.45, 7) is 0. The number of hydrogen-bond donors (Lipinski definition) is 1. The van der Waals surface area contributed by atoms with E-state index in [9.17, 15) is 4.79 Å². The fourth-order valence-electron chi connectivity index (χ4n) is 4.66. The van der Waals surface area contributed by atoms with E-state index in [1.165, 1.54) is 0 Å². The number of aromatic nitrogens is 1. The minimum Gasteiger partial charge on any atom is -0.459 e. The monoisotopic (exact) mass is 420 g/mol. The van der Waals surface area contributed by atoms with Crippen molar-refractivity contribution in [3.63, 3.8) is 0 Å². The molecule has 2 aromatic rings. The van der Waals surface area contributed by atoms with Gasteiger partial charge in [0.1, 0.15) is 17.4 Å². The summed E-state index contributed by atoms with van der Waals surface area (Å²) < 4.78 is 11.6. The van der Waals surface area contributed by atoms with Gasteiger partial charge in [0, 0.05) is 23.6 Å². The van der Waals surface area contributed by atoms with E-state index in [4.69, 9.17) is 32.5 Å². The molecular weight excluding hydrogens is 399 g/mol. The fourth-order valence-corrected chi connectivity index (χ4v) is 5.23. The predicted molar refractivity (Wildman–Crippen MR) is 107 cm³/mol. The summed E-state index contributed by atoms with van der Waals surface area (Å²) in [7, 11) is 0. The van der Waals surface area contributed by atoms with Crippen molar-refractivity contribution in [2.45, 2.75) is 69.1 Å². The van der Waals surface area contributed by atoms with Crippen LogP contribution in [0.15, 0.2) is 22.7 Å². The van der Waals surface area contributed by atoms with E-state index in [0.717, 1.165) is 44.9 Å². The molecule has 2 atom stereocenters. The van der Waals surface area contributed by atoms with Gasteiger partial charge in [0.05, 0.1) is 10.0 Å². The van der Waals surface area contributed by atoms with Crippen molar-refractivity contribution in [2.24, 2.45) is 0 Å². The molecule has 148 valence electrons. The topological polar surface area (TPSA) is 64.4 Å². The van der Waals surface area contributed by atoms with Crippen LogP contribution in [0.2, 0.25) is 10.0 Å². The lowest BCUT2D eigenvalue weighted by Crippen LogP contribution is -2.42. The summed E-state index contributed by atoms with van der Waals surface area (Å²) in [5.41, 5.74) is 1.31. The Hall–Kier alpha value is -1.56. The molecule has 0 amide bonds. The smallest absolute Gasteiger partial charge is 0.344 e. The largest absolute Gasteiger partial charge is 0.459 e. The zero-order chi connectivity index (χ0) is 19.3. The Labute approximate surface area is 173 Å². The molecule has 0 spiro atoms. The molecule has 1 N–H and O–H groups in total. The van der Waals surface area contributed by atoms with Crippen LogP contribution < -0.4 is 5.32 Å². The molecular formula is C21H22Cl2N2O3. The lowest BCUT2D eigenvalue weighted by atomic mass is 9.81. The number of carbonyl (C=O) groups excluding carboxylic acids is 1. The number of benzene rings is 1. The van der Waals surface area contributed by atoms with E-state index in [-0.39, 0.29) is 18.0 Å². The van der Waals surface area contributed by atoms with E-state index < -0.39 is 0 Å². The van der Waals surface area contributed by atoms with E-state index in [1.807, 2.05) is 0 Å². The van der Waals surface area contributed by atoms with Crippen molar-refractivity contribution >= 4 is 29.2 Å². The third-order valence-corrected chi connectivity index (χ3v) is 6.93. The Morgan fingerprint density at radius 2 is 1.79 bits per heavy atom. The number of halogens is 2. The van der Waals surface area contributed by atoms with Crippen LogP contribution in [0.5, 0.6) is 0 Å². The molecule has 3 fully saturated rings. The summed E-state index contributed by atoms with van der Waals surface area (Å²) in [6, 6.07) is 6.13. The van der Waals surface area contributed by atoms with Gasteiger partial charge in [0.15, 0.2) is 5.76 Å². The number of nitrogens with one attached hydrogen (secondary N) is 1. The standard InChI is InChI=1S/C21H22Cl2N2O3/c22-15-5-2-6-16(23)17(15)19-18(20(28-25-19)11-3-1-4-11)21(26)27-14-9-12-7-8-13(10-14)24-12/h2,5-6,11-14,24H,1,3-4,7-10H2. The Bertz CT molecular complexity index is 877. The second kappa shape index (κ2) is 7.36. The summed E-state index contributed by atoms with van der Waals surface area (Å²) in [5.74, 6) is 0.439. The van der Waals surface area contributed by atoms with E-state index in [2.05, 4.69) is 10.5 Å². The van der Waals surface area contributed by atoms with Crippen LogP contribution in [0.3, 0.4) is 0 Å². The van der Waals surface area contributed by atoms with E-state index in [0.29, 0.717) is 44.7 Å². The normalized spacial score (nSPS) is 26.9. The minimum atomic E-state index is -0.375. The Balaban J connectivity index is 1.49. The van der Waals surface area contributed by atoms with Crippen molar-refractivity contribution in [3.8, 4) is 11.3 Å². The highest BCUT2D eigenvalue weighted by Gasteiger charge is 2.38. The quantitative estimate of drug-likeness (QED) is 0.674. The number of piperidine rings is 1. The van der Waals surface area contributed by atoms with Crippen molar-refractivity contribution in [2.75, 3.05) is 0 Å². The molecule has 2 bridgehead atoms. The molecule has 5 rings (SSSR count). The molecule has 3 heterocycles. The molecule has 1 aromatic carbocycles. The van der Waals surface area contributed by atoms with Gasteiger partial charge in [-0.2, -0.15) is 0 Å². The fraction of sp³-hybridized carbons (Fsp3) is 0.524. The van der Waals surface area contributed by atoms with Crippen molar-refractivity contribution < 1.29 is 14.1 Å². The van der Waals surface area contributed by atoms with Gasteiger partial charge in [0.2, 0.25) is 0 Å². The molecule has 1 aliphatic carbocycles. The first kappa shape index (κ1) is 18.5. The van der Waals surface area contributed by atoms with Crippen LogP contribution in [-0.2, 0) is 4.74 Å². The molecule has 0 radical (unpaired) electrons. The lowest BCUT2D eigenvalue weighted by molar-refractivity contribution is 0.0174.